The molecule has 8 heteroatoms. The van der Waals surface area contributed by atoms with Gasteiger partial charge in [0.25, 0.3) is 0 Å². The van der Waals surface area contributed by atoms with Crippen molar-refractivity contribution in [1.82, 2.24) is 25.2 Å². The Bertz CT molecular complexity index is 610. The highest BCUT2D eigenvalue weighted by Crippen LogP contribution is 2.19. The minimum absolute atomic E-state index is 0.00801. The summed E-state index contributed by atoms with van der Waals surface area (Å²) in [6.07, 6.45) is 4.14. The number of nitrogens with zero attached hydrogens (tertiary/aromatic N) is 4. The molecule has 1 fully saturated rings. The lowest BCUT2D eigenvalue weighted by atomic mass is 9.98. The maximum atomic E-state index is 12.0. The summed E-state index contributed by atoms with van der Waals surface area (Å²) in [5.41, 5.74) is 0.863. The van der Waals surface area contributed by atoms with E-state index in [-0.39, 0.29) is 17.9 Å². The molecule has 1 aliphatic rings. The molecule has 22 heavy (non-hydrogen) atoms. The highest BCUT2D eigenvalue weighted by molar-refractivity contribution is 5.76. The number of carbonyl (C=O) groups is 1. The van der Waals surface area contributed by atoms with Gasteiger partial charge in [-0.25, -0.2) is 4.98 Å². The molecule has 1 amide bonds. The molecular formula is C14H19N5O3. The summed E-state index contributed by atoms with van der Waals surface area (Å²) in [4.78, 5) is 15.9. The van der Waals surface area contributed by atoms with Crippen LogP contribution in [0.5, 0.6) is 0 Å². The molecule has 118 valence electrons. The molecular weight excluding hydrogens is 286 g/mol. The van der Waals surface area contributed by atoms with Crippen LogP contribution in [-0.4, -0.2) is 45.1 Å². The lowest BCUT2D eigenvalue weighted by molar-refractivity contribution is -0.122. The molecule has 1 saturated heterocycles. The van der Waals surface area contributed by atoms with Gasteiger partial charge in [-0.15, -0.1) is 0 Å². The number of carbonyl (C=O) groups excluding carboxylic acids is 1. The number of nitrogens with one attached hydrogen (secondary N) is 1. The van der Waals surface area contributed by atoms with E-state index in [4.69, 9.17) is 9.26 Å². The third-order valence-corrected chi connectivity index (χ3v) is 3.72. The average molecular weight is 305 g/mol. The molecule has 2 aromatic heterocycles. The first-order valence-corrected chi connectivity index (χ1v) is 7.32. The van der Waals surface area contributed by atoms with Crippen molar-refractivity contribution < 1.29 is 14.1 Å². The zero-order valence-corrected chi connectivity index (χ0v) is 12.4. The predicted molar refractivity (Wildman–Crippen MR) is 75.8 cm³/mol. The van der Waals surface area contributed by atoms with Crippen LogP contribution in [-0.2, 0) is 22.5 Å². The smallest absolute Gasteiger partial charge is 0.222 e. The van der Waals surface area contributed by atoms with Crippen LogP contribution in [0.15, 0.2) is 23.2 Å². The highest BCUT2D eigenvalue weighted by atomic mass is 16.5. The van der Waals surface area contributed by atoms with Gasteiger partial charge < -0.3 is 14.6 Å². The lowest BCUT2D eigenvalue weighted by Crippen LogP contribution is -2.40. The lowest BCUT2D eigenvalue weighted by Gasteiger charge is -2.18. The number of rotatable bonds is 6. The zero-order valence-electron chi connectivity index (χ0n) is 12.4. The van der Waals surface area contributed by atoms with Gasteiger partial charge in [0.2, 0.25) is 5.91 Å². The normalized spacial score (nSPS) is 21.1. The van der Waals surface area contributed by atoms with E-state index in [1.54, 1.807) is 11.0 Å². The van der Waals surface area contributed by atoms with Gasteiger partial charge in [0, 0.05) is 24.8 Å². The first kappa shape index (κ1) is 14.7. The molecule has 0 aromatic carbocycles. The Morgan fingerprint density at radius 3 is 3.14 bits per heavy atom. The standard InChI is InChI=1S/C14H19N5O3/c1-10-4-12(22-18-10)5-11-6-21-7-13(11)17-14(20)2-3-19-9-15-8-16-19/h4,8-9,11,13H,2-3,5-7H2,1H3,(H,17,20)/t11-,13+/m1/s1. The Morgan fingerprint density at radius 2 is 2.41 bits per heavy atom. The molecule has 0 aliphatic carbocycles. The fourth-order valence-electron chi connectivity index (χ4n) is 2.57. The van der Waals surface area contributed by atoms with Crippen LogP contribution in [0.4, 0.5) is 0 Å². The van der Waals surface area contributed by atoms with Crippen molar-refractivity contribution >= 4 is 5.91 Å². The molecule has 8 nitrogen and oxygen atoms in total. The van der Waals surface area contributed by atoms with E-state index >= 15 is 0 Å². The summed E-state index contributed by atoms with van der Waals surface area (Å²) in [6, 6.07) is 1.93. The van der Waals surface area contributed by atoms with Gasteiger partial charge in [0.05, 0.1) is 31.5 Å². The fraction of sp³-hybridized carbons (Fsp3) is 0.571. The zero-order chi connectivity index (χ0) is 15.4. The Hall–Kier alpha value is -2.22. The van der Waals surface area contributed by atoms with Gasteiger partial charge in [-0.3, -0.25) is 9.48 Å². The summed E-state index contributed by atoms with van der Waals surface area (Å²) < 4.78 is 12.4. The Kier molecular flexibility index (Phi) is 4.47. The number of aryl methyl sites for hydroxylation is 2. The van der Waals surface area contributed by atoms with E-state index in [1.165, 1.54) is 6.33 Å². The van der Waals surface area contributed by atoms with Gasteiger partial charge in [0.1, 0.15) is 18.4 Å². The molecule has 2 atom stereocenters. The van der Waals surface area contributed by atoms with Crippen LogP contribution in [0, 0.1) is 12.8 Å². The second-order valence-electron chi connectivity index (χ2n) is 5.52. The van der Waals surface area contributed by atoms with Crippen LogP contribution in [0.3, 0.4) is 0 Å². The highest BCUT2D eigenvalue weighted by Gasteiger charge is 2.30. The number of aromatic nitrogens is 4. The minimum atomic E-state index is -0.00949. The first-order chi connectivity index (χ1) is 10.7. The molecule has 3 rings (SSSR count). The van der Waals surface area contributed by atoms with E-state index in [9.17, 15) is 4.79 Å². The Labute approximate surface area is 127 Å². The molecule has 3 heterocycles. The average Bonchev–Trinajstić information content (AvgIpc) is 3.21. The number of hydrogen-bond donors (Lipinski definition) is 1. The molecule has 0 saturated carbocycles. The molecule has 1 aliphatic heterocycles. The van der Waals surface area contributed by atoms with E-state index in [0.29, 0.717) is 26.2 Å². The van der Waals surface area contributed by atoms with E-state index < -0.39 is 0 Å². The predicted octanol–water partition coefficient (Wildman–Crippen LogP) is 0.339. The molecule has 0 bridgehead atoms. The van der Waals surface area contributed by atoms with Crippen LogP contribution in [0.25, 0.3) is 0 Å². The van der Waals surface area contributed by atoms with Gasteiger partial charge >= 0.3 is 0 Å². The topological polar surface area (TPSA) is 95.1 Å². The third kappa shape index (κ3) is 3.70. The van der Waals surface area contributed by atoms with E-state index in [0.717, 1.165) is 17.9 Å². The molecule has 1 N–H and O–H groups in total. The van der Waals surface area contributed by atoms with Crippen LogP contribution >= 0.6 is 0 Å². The molecule has 0 unspecified atom stereocenters. The third-order valence-electron chi connectivity index (χ3n) is 3.72. The SMILES string of the molecule is Cc1cc(C[C@@H]2COC[C@@H]2NC(=O)CCn2cncn2)on1. The van der Waals surface area contributed by atoms with Crippen molar-refractivity contribution in [3.05, 3.63) is 30.2 Å². The fourth-order valence-corrected chi connectivity index (χ4v) is 2.57. The van der Waals surface area contributed by atoms with Crippen molar-refractivity contribution in [2.75, 3.05) is 13.2 Å². The summed E-state index contributed by atoms with van der Waals surface area (Å²) in [6.45, 7) is 3.56. The first-order valence-electron chi connectivity index (χ1n) is 7.32. The number of ether oxygens (including phenoxy) is 1. The number of amides is 1. The second kappa shape index (κ2) is 6.69. The quantitative estimate of drug-likeness (QED) is 0.827. The molecule has 2 aromatic rings. The summed E-state index contributed by atoms with van der Waals surface area (Å²) in [7, 11) is 0. The van der Waals surface area contributed by atoms with Crippen molar-refractivity contribution in [3.63, 3.8) is 0 Å². The maximum Gasteiger partial charge on any atom is 0.222 e. The van der Waals surface area contributed by atoms with Crippen LogP contribution < -0.4 is 5.32 Å². The van der Waals surface area contributed by atoms with Gasteiger partial charge in [-0.05, 0) is 6.92 Å². The largest absolute Gasteiger partial charge is 0.379 e. The van der Waals surface area contributed by atoms with Crippen molar-refractivity contribution in [2.24, 2.45) is 5.92 Å². The van der Waals surface area contributed by atoms with Crippen LogP contribution in [0.2, 0.25) is 0 Å². The Balaban J connectivity index is 1.49. The van der Waals surface area contributed by atoms with E-state index in [2.05, 4.69) is 20.6 Å². The summed E-state index contributed by atoms with van der Waals surface area (Å²) in [5, 5.41) is 10.9. The minimum Gasteiger partial charge on any atom is -0.379 e. The van der Waals surface area contributed by atoms with Gasteiger partial charge in [-0.1, -0.05) is 5.16 Å². The molecule has 0 spiro atoms. The number of hydrogen-bond acceptors (Lipinski definition) is 6. The van der Waals surface area contributed by atoms with E-state index in [1.807, 2.05) is 13.0 Å². The van der Waals surface area contributed by atoms with Crippen molar-refractivity contribution in [1.29, 1.82) is 0 Å². The summed E-state index contributed by atoms with van der Waals surface area (Å²) >= 11 is 0. The van der Waals surface area contributed by atoms with Gasteiger partial charge in [0.15, 0.2) is 0 Å². The van der Waals surface area contributed by atoms with Crippen LogP contribution in [0.1, 0.15) is 17.9 Å². The summed E-state index contributed by atoms with van der Waals surface area (Å²) in [5.74, 6) is 1.03. The van der Waals surface area contributed by atoms with Crippen molar-refractivity contribution in [3.8, 4) is 0 Å². The maximum absolute atomic E-state index is 12.0. The monoisotopic (exact) mass is 305 g/mol. The molecule has 0 radical (unpaired) electrons. The van der Waals surface area contributed by atoms with Gasteiger partial charge in [-0.2, -0.15) is 5.10 Å². The Morgan fingerprint density at radius 1 is 1.50 bits per heavy atom. The van der Waals surface area contributed by atoms with Crippen molar-refractivity contribution in [2.45, 2.75) is 32.4 Å². The second-order valence-corrected chi connectivity index (χ2v) is 5.52.